The Kier molecular flexibility index (Phi) is 10.8. The number of carbonyl (C=O) groups is 6. The maximum Gasteiger partial charge on any atom is 0.490 e. The number of ketones is 4. The summed E-state index contributed by atoms with van der Waals surface area (Å²) in [7, 11) is 3.49. The number of allylic oxidation sites excluding steroid dienone is 2. The number of carboxylic acid groups (broad SMARTS) is 2. The van der Waals surface area contributed by atoms with Crippen molar-refractivity contribution in [1.82, 2.24) is 5.32 Å². The van der Waals surface area contributed by atoms with Crippen molar-refractivity contribution in [2.75, 3.05) is 27.1 Å². The highest BCUT2D eigenvalue weighted by atomic mass is 19.4. The van der Waals surface area contributed by atoms with E-state index < -0.39 is 146 Å². The number of fused-ring (bicyclic) bond motifs is 5. The minimum absolute atomic E-state index is 0.149. The van der Waals surface area contributed by atoms with E-state index in [1.54, 1.807) is 6.92 Å². The molecule has 1 saturated heterocycles. The fraction of sp³-hybridized carbons (Fsp3) is 0.429. The summed E-state index contributed by atoms with van der Waals surface area (Å²) in [5.74, 6) is -11.6. The van der Waals surface area contributed by atoms with Crippen LogP contribution in [0.2, 0.25) is 0 Å². The number of nitrogens with one attached hydrogen (secondary N) is 1. The zero-order valence-electron chi connectivity index (χ0n) is 30.3. The van der Waals surface area contributed by atoms with E-state index in [9.17, 15) is 67.8 Å². The van der Waals surface area contributed by atoms with Gasteiger partial charge in [0.05, 0.1) is 29.0 Å². The molecule has 0 spiro atoms. The number of hydrogen-bond donors (Lipinski definition) is 9. The number of ether oxygens (including phenoxy) is 4. The number of halogens is 3. The molecule has 1 aliphatic heterocycles. The molecule has 8 atom stereocenters. The van der Waals surface area contributed by atoms with Crippen molar-refractivity contribution in [3.05, 3.63) is 62.3 Å². The van der Waals surface area contributed by atoms with Gasteiger partial charge < -0.3 is 65.7 Å². The second-order valence-electron chi connectivity index (χ2n) is 13.4. The van der Waals surface area contributed by atoms with Gasteiger partial charge in [-0.25, -0.2) is 9.59 Å². The van der Waals surface area contributed by atoms with Gasteiger partial charge >= 0.3 is 18.1 Å². The number of aliphatic hydroxyl groups excluding tert-OH is 2. The average molecular weight is 813 g/mol. The lowest BCUT2D eigenvalue weighted by Gasteiger charge is -2.53. The molecule has 2 aromatic carbocycles. The number of aromatic hydroxyl groups is 2. The van der Waals surface area contributed by atoms with Crippen molar-refractivity contribution in [3.8, 4) is 11.5 Å². The maximum atomic E-state index is 14.6. The second kappa shape index (κ2) is 14.5. The minimum Gasteiger partial charge on any atom is -0.507 e. The van der Waals surface area contributed by atoms with Crippen LogP contribution in [-0.4, -0.2) is 141 Å². The van der Waals surface area contributed by atoms with Gasteiger partial charge in [0, 0.05) is 56.2 Å². The molecule has 3 aliphatic carbocycles. The molecule has 10 N–H and O–H groups in total. The summed E-state index contributed by atoms with van der Waals surface area (Å²) < 4.78 is 53.7. The second-order valence-corrected chi connectivity index (χ2v) is 13.4. The first-order chi connectivity index (χ1) is 26.4. The molecule has 0 radical (unpaired) electrons. The number of hydrogen-bond acceptors (Lipinski definition) is 17. The molecule has 308 valence electrons. The summed E-state index contributed by atoms with van der Waals surface area (Å²) in [6.07, 6.45) is -12.0. The Labute approximate surface area is 318 Å². The number of nitrogens with two attached hydrogens (primary N) is 1. The minimum atomic E-state index is -5.08. The lowest BCUT2D eigenvalue weighted by atomic mass is 9.56. The van der Waals surface area contributed by atoms with E-state index in [1.807, 2.05) is 0 Å². The Morgan fingerprint density at radius 3 is 2.05 bits per heavy atom. The quantitative estimate of drug-likeness (QED) is 0.136. The number of rotatable bonds is 6. The van der Waals surface area contributed by atoms with Crippen LogP contribution in [-0.2, 0) is 35.8 Å². The summed E-state index contributed by atoms with van der Waals surface area (Å²) in [6, 6.07) is 0.790. The summed E-state index contributed by atoms with van der Waals surface area (Å²) in [5, 5.41) is 77.0. The molecule has 22 heteroatoms. The number of aromatic carboxylic acids is 1. The molecule has 4 aliphatic rings. The topological polar surface area (TPSA) is 319 Å². The van der Waals surface area contributed by atoms with Gasteiger partial charge in [0.15, 0.2) is 23.2 Å². The van der Waals surface area contributed by atoms with Gasteiger partial charge in [-0.2, -0.15) is 13.2 Å². The Morgan fingerprint density at radius 2 is 1.54 bits per heavy atom. The van der Waals surface area contributed by atoms with E-state index in [0.717, 1.165) is 19.3 Å². The van der Waals surface area contributed by atoms with E-state index in [4.69, 9.17) is 34.6 Å². The van der Waals surface area contributed by atoms with E-state index in [2.05, 4.69) is 5.32 Å². The highest BCUT2D eigenvalue weighted by Gasteiger charge is 2.73. The standard InChI is InChI=1S/C33H34N2O15.C2HF3O2/c1-9-17(31(44)45)24(40)20-13(21(9)34)7-16(37)33(49-5)29(43)19-12(28(42)32(20,33)46)6-11-18(23(19)39)15(36)8-14(22(11)38)35-30-27(48-4)25(41)26(47-3)10(2)50-30;3-2(4,5)1(6)7/h6,8,10,16,25-27,30,35,37,39-41,46H,7,34H2,1-5H3,(H,44,45);(H,6,7)/t10-,16?,25+,26-,27+,30-,32?,33?;/m0./s1. The zero-order chi connectivity index (χ0) is 43.0. The van der Waals surface area contributed by atoms with Gasteiger partial charge in [-0.05, 0) is 31.0 Å². The van der Waals surface area contributed by atoms with Crippen LogP contribution in [0.15, 0.2) is 17.8 Å². The smallest absolute Gasteiger partial charge is 0.490 e. The summed E-state index contributed by atoms with van der Waals surface area (Å²) in [4.78, 5) is 77.4. The number of carboxylic acids is 2. The predicted molar refractivity (Wildman–Crippen MR) is 180 cm³/mol. The Hall–Kier alpha value is -5.49. The molecule has 6 rings (SSSR count). The van der Waals surface area contributed by atoms with Crippen molar-refractivity contribution in [2.45, 2.75) is 74.4 Å². The molecule has 1 fully saturated rings. The van der Waals surface area contributed by atoms with Crippen LogP contribution >= 0.6 is 0 Å². The van der Waals surface area contributed by atoms with E-state index in [0.29, 0.717) is 0 Å². The van der Waals surface area contributed by atoms with Gasteiger partial charge in [0.25, 0.3) is 0 Å². The largest absolute Gasteiger partial charge is 0.507 e. The third-order valence-corrected chi connectivity index (χ3v) is 10.5. The monoisotopic (exact) mass is 812 g/mol. The van der Waals surface area contributed by atoms with Crippen LogP contribution in [0.4, 0.5) is 18.9 Å². The number of alkyl halides is 3. The zero-order valence-corrected chi connectivity index (χ0v) is 30.3. The van der Waals surface area contributed by atoms with Crippen LogP contribution in [0.5, 0.6) is 11.5 Å². The van der Waals surface area contributed by atoms with Gasteiger partial charge in [0.2, 0.25) is 17.3 Å². The van der Waals surface area contributed by atoms with Crippen molar-refractivity contribution in [1.29, 1.82) is 0 Å². The molecule has 57 heavy (non-hydrogen) atoms. The summed E-state index contributed by atoms with van der Waals surface area (Å²) >= 11 is 0. The lowest BCUT2D eigenvalue weighted by Crippen LogP contribution is -2.73. The number of aliphatic hydroxyl groups is 3. The first-order valence-electron chi connectivity index (χ1n) is 16.5. The number of carbonyl (C=O) groups excluding carboxylic acids is 4. The lowest BCUT2D eigenvalue weighted by molar-refractivity contribution is -0.236. The van der Waals surface area contributed by atoms with Crippen LogP contribution in [0.25, 0.3) is 0 Å². The first kappa shape index (κ1) is 42.6. The number of phenolic OH excluding ortho intramolecular Hbond substituents is 1. The molecule has 19 nitrogen and oxygen atoms in total. The van der Waals surface area contributed by atoms with E-state index in [1.165, 1.54) is 21.1 Å². The fourth-order valence-electron chi connectivity index (χ4n) is 7.84. The molecular formula is C35H35F3N2O17. The predicted octanol–water partition coefficient (Wildman–Crippen LogP) is -0.123. The highest BCUT2D eigenvalue weighted by molar-refractivity contribution is 6.31. The van der Waals surface area contributed by atoms with Crippen LogP contribution < -0.4 is 11.1 Å². The van der Waals surface area contributed by atoms with Crippen molar-refractivity contribution < 1.29 is 96.6 Å². The van der Waals surface area contributed by atoms with Crippen LogP contribution in [0.1, 0.15) is 75.4 Å². The molecule has 3 unspecified atom stereocenters. The molecule has 0 saturated carbocycles. The number of aliphatic carboxylic acids is 1. The van der Waals surface area contributed by atoms with Gasteiger partial charge in [0.1, 0.15) is 35.4 Å². The third-order valence-electron chi connectivity index (χ3n) is 10.5. The maximum absolute atomic E-state index is 14.6. The first-order valence-corrected chi connectivity index (χ1v) is 16.5. The number of phenols is 2. The number of benzene rings is 2. The van der Waals surface area contributed by atoms with Crippen molar-refractivity contribution in [3.63, 3.8) is 0 Å². The van der Waals surface area contributed by atoms with E-state index >= 15 is 0 Å². The summed E-state index contributed by atoms with van der Waals surface area (Å²) in [5.41, 5.74) is -5.85. The number of anilines is 1. The fourth-order valence-corrected chi connectivity index (χ4v) is 7.84. The number of Topliss-reactive ketones (excluding diaryl/α,β-unsaturated/α-hetero) is 3. The van der Waals surface area contributed by atoms with Crippen LogP contribution in [0.3, 0.4) is 0 Å². The normalized spacial score (nSPS) is 29.2. The number of nitrogen functional groups attached to an aromatic ring is 1. The highest BCUT2D eigenvalue weighted by Crippen LogP contribution is 2.57. The Bertz CT molecular complexity index is 2170. The molecule has 0 aromatic heterocycles. The molecule has 0 bridgehead atoms. The van der Waals surface area contributed by atoms with E-state index in [-0.39, 0.29) is 16.8 Å². The molecule has 0 amide bonds. The molecule has 2 aromatic rings. The Balaban J connectivity index is 0.000000811. The molecular weight excluding hydrogens is 777 g/mol. The average Bonchev–Trinajstić information content (AvgIpc) is 3.11. The number of methoxy groups -OCH3 is 3. The van der Waals surface area contributed by atoms with Crippen molar-refractivity contribution >= 4 is 40.8 Å². The van der Waals surface area contributed by atoms with Gasteiger partial charge in [-0.15, -0.1) is 0 Å². The SMILES string of the molecule is CO[C@@H]1[C@@H](O)[C@@H](OC)[C@@H](NC2=CC(=O)c3c(cc4c(c3O)C(=O)C3(OC)C(O)Cc5c(N)c(C)c(C(=O)O)c(O)c5C3(O)C4=O)C2=O)O[C@H]1C.O=C(O)C(F)(F)F. The van der Waals surface area contributed by atoms with Gasteiger partial charge in [-0.1, -0.05) is 0 Å². The van der Waals surface area contributed by atoms with Crippen molar-refractivity contribution in [2.24, 2.45) is 0 Å². The van der Waals surface area contributed by atoms with Gasteiger partial charge in [-0.3, -0.25) is 19.2 Å². The summed E-state index contributed by atoms with van der Waals surface area (Å²) in [6.45, 7) is 2.85. The molecule has 1 heterocycles. The van der Waals surface area contributed by atoms with Crippen LogP contribution in [0, 0.1) is 6.92 Å². The Morgan fingerprint density at radius 1 is 0.965 bits per heavy atom. The third kappa shape index (κ3) is 6.02.